The van der Waals surface area contributed by atoms with Crippen LogP contribution in [0.15, 0.2) is 12.1 Å². The summed E-state index contributed by atoms with van der Waals surface area (Å²) >= 11 is 0. The molecule has 7 heteroatoms. The standard InChI is InChI=1S/C17H28N2O4.ClH/c1-6-17(18,7-2)11-19-15(20)10-12-8-13(21-3)16(23-5)14(9-12)22-4;/h8-9H,6-7,10-11,18H2,1-5H3,(H,19,20);1H. The molecule has 0 bridgehead atoms. The maximum absolute atomic E-state index is 12.2. The SMILES string of the molecule is CCC(N)(CC)CNC(=O)Cc1cc(OC)c(OC)c(OC)c1.Cl. The monoisotopic (exact) mass is 360 g/mol. The van der Waals surface area contributed by atoms with E-state index in [1.807, 2.05) is 13.8 Å². The molecule has 0 spiro atoms. The molecule has 1 rings (SSSR count). The number of amides is 1. The number of methoxy groups -OCH3 is 3. The van der Waals surface area contributed by atoms with Crippen molar-refractivity contribution in [2.45, 2.75) is 38.6 Å². The van der Waals surface area contributed by atoms with E-state index >= 15 is 0 Å². The fraction of sp³-hybridized carbons (Fsp3) is 0.588. The molecule has 0 fully saturated rings. The maximum Gasteiger partial charge on any atom is 0.224 e. The minimum Gasteiger partial charge on any atom is -0.493 e. The van der Waals surface area contributed by atoms with Gasteiger partial charge < -0.3 is 25.3 Å². The van der Waals surface area contributed by atoms with Gasteiger partial charge in [0.15, 0.2) is 11.5 Å². The van der Waals surface area contributed by atoms with Crippen LogP contribution in [0.4, 0.5) is 0 Å². The Kier molecular flexibility index (Phi) is 9.55. The van der Waals surface area contributed by atoms with Gasteiger partial charge in [0.1, 0.15) is 0 Å². The summed E-state index contributed by atoms with van der Waals surface area (Å²) in [7, 11) is 4.64. The molecule has 0 aliphatic heterocycles. The molecule has 138 valence electrons. The Hall–Kier alpha value is -1.66. The summed E-state index contributed by atoms with van der Waals surface area (Å²) < 4.78 is 15.9. The molecular weight excluding hydrogens is 332 g/mol. The van der Waals surface area contributed by atoms with Gasteiger partial charge in [-0.3, -0.25) is 4.79 Å². The lowest BCUT2D eigenvalue weighted by Crippen LogP contribution is -2.49. The third-order valence-corrected chi connectivity index (χ3v) is 4.14. The Morgan fingerprint density at radius 3 is 1.96 bits per heavy atom. The Labute approximate surface area is 150 Å². The molecule has 3 N–H and O–H groups in total. The quantitative estimate of drug-likeness (QED) is 0.706. The fourth-order valence-electron chi connectivity index (χ4n) is 2.26. The fourth-order valence-corrected chi connectivity index (χ4v) is 2.26. The maximum atomic E-state index is 12.2. The first kappa shape index (κ1) is 22.3. The first-order valence-electron chi connectivity index (χ1n) is 7.77. The van der Waals surface area contributed by atoms with E-state index in [1.165, 1.54) is 0 Å². The third-order valence-electron chi connectivity index (χ3n) is 4.14. The van der Waals surface area contributed by atoms with Crippen LogP contribution in [0.1, 0.15) is 32.3 Å². The number of carbonyl (C=O) groups is 1. The van der Waals surface area contributed by atoms with Gasteiger partial charge in [-0.1, -0.05) is 13.8 Å². The predicted octanol–water partition coefficient (Wildman–Crippen LogP) is 2.31. The number of rotatable bonds is 9. The number of carbonyl (C=O) groups excluding carboxylic acids is 1. The molecule has 0 saturated heterocycles. The van der Waals surface area contributed by atoms with Gasteiger partial charge in [-0.15, -0.1) is 12.4 Å². The predicted molar refractivity (Wildman–Crippen MR) is 97.6 cm³/mol. The summed E-state index contributed by atoms with van der Waals surface area (Å²) in [5.41, 5.74) is 6.62. The molecule has 0 aliphatic carbocycles. The number of halogens is 1. The van der Waals surface area contributed by atoms with Gasteiger partial charge in [-0.2, -0.15) is 0 Å². The van der Waals surface area contributed by atoms with Crippen molar-refractivity contribution < 1.29 is 19.0 Å². The van der Waals surface area contributed by atoms with E-state index in [4.69, 9.17) is 19.9 Å². The minimum absolute atomic E-state index is 0. The Balaban J connectivity index is 0.00000529. The van der Waals surface area contributed by atoms with Crippen molar-refractivity contribution in [2.75, 3.05) is 27.9 Å². The van der Waals surface area contributed by atoms with Crippen LogP contribution < -0.4 is 25.3 Å². The molecule has 0 radical (unpaired) electrons. The summed E-state index contributed by atoms with van der Waals surface area (Å²) in [6.45, 7) is 4.51. The van der Waals surface area contributed by atoms with Gasteiger partial charge in [0.05, 0.1) is 27.8 Å². The summed E-state index contributed by atoms with van der Waals surface area (Å²) in [5, 5.41) is 2.90. The summed E-state index contributed by atoms with van der Waals surface area (Å²) in [5.74, 6) is 1.49. The van der Waals surface area contributed by atoms with Crippen LogP contribution in [0.3, 0.4) is 0 Å². The van der Waals surface area contributed by atoms with Gasteiger partial charge in [0.2, 0.25) is 11.7 Å². The van der Waals surface area contributed by atoms with Gasteiger partial charge >= 0.3 is 0 Å². The van der Waals surface area contributed by atoms with Gasteiger partial charge in [-0.05, 0) is 30.5 Å². The van der Waals surface area contributed by atoms with E-state index in [0.29, 0.717) is 23.8 Å². The van der Waals surface area contributed by atoms with Gasteiger partial charge in [0.25, 0.3) is 0 Å². The third kappa shape index (κ3) is 5.76. The Morgan fingerprint density at radius 1 is 1.08 bits per heavy atom. The van der Waals surface area contributed by atoms with Crippen LogP contribution in [0.2, 0.25) is 0 Å². The zero-order valence-corrected chi connectivity index (χ0v) is 15.9. The van der Waals surface area contributed by atoms with Crippen molar-refractivity contribution >= 4 is 18.3 Å². The molecule has 24 heavy (non-hydrogen) atoms. The van der Waals surface area contributed by atoms with E-state index in [9.17, 15) is 4.79 Å². The zero-order valence-electron chi connectivity index (χ0n) is 15.1. The number of benzene rings is 1. The van der Waals surface area contributed by atoms with Crippen molar-refractivity contribution in [1.82, 2.24) is 5.32 Å². The molecule has 6 nitrogen and oxygen atoms in total. The average Bonchev–Trinajstić information content (AvgIpc) is 2.58. The second-order valence-corrected chi connectivity index (χ2v) is 5.56. The number of nitrogens with one attached hydrogen (secondary N) is 1. The topological polar surface area (TPSA) is 82.8 Å². The highest BCUT2D eigenvalue weighted by Crippen LogP contribution is 2.38. The molecule has 0 heterocycles. The van der Waals surface area contributed by atoms with Crippen LogP contribution in [0.5, 0.6) is 17.2 Å². The molecule has 0 aromatic heterocycles. The van der Waals surface area contributed by atoms with E-state index in [1.54, 1.807) is 33.5 Å². The van der Waals surface area contributed by atoms with E-state index < -0.39 is 0 Å². The zero-order chi connectivity index (χ0) is 17.5. The average molecular weight is 361 g/mol. The molecule has 0 saturated carbocycles. The molecule has 0 aliphatic rings. The highest BCUT2D eigenvalue weighted by atomic mass is 35.5. The van der Waals surface area contributed by atoms with Crippen LogP contribution >= 0.6 is 12.4 Å². The first-order valence-corrected chi connectivity index (χ1v) is 7.77. The van der Waals surface area contributed by atoms with Gasteiger partial charge in [-0.25, -0.2) is 0 Å². The van der Waals surface area contributed by atoms with Crippen LogP contribution in [0, 0.1) is 0 Å². The molecule has 1 aromatic carbocycles. The minimum atomic E-state index is -0.356. The second-order valence-electron chi connectivity index (χ2n) is 5.56. The molecule has 1 amide bonds. The second kappa shape index (κ2) is 10.3. The van der Waals surface area contributed by atoms with Crippen LogP contribution in [-0.2, 0) is 11.2 Å². The lowest BCUT2D eigenvalue weighted by Gasteiger charge is -2.26. The summed E-state index contributed by atoms with van der Waals surface area (Å²) in [6, 6.07) is 3.55. The Bertz CT molecular complexity index is 508. The number of ether oxygens (including phenoxy) is 3. The highest BCUT2D eigenvalue weighted by Gasteiger charge is 2.21. The largest absolute Gasteiger partial charge is 0.493 e. The van der Waals surface area contributed by atoms with Crippen molar-refractivity contribution in [2.24, 2.45) is 5.73 Å². The van der Waals surface area contributed by atoms with Crippen LogP contribution in [0.25, 0.3) is 0 Å². The lowest BCUT2D eigenvalue weighted by atomic mass is 9.94. The number of nitrogens with two attached hydrogens (primary N) is 1. The van der Waals surface area contributed by atoms with Crippen molar-refractivity contribution in [3.8, 4) is 17.2 Å². The number of hydrogen-bond acceptors (Lipinski definition) is 5. The normalized spacial score (nSPS) is 10.6. The summed E-state index contributed by atoms with van der Waals surface area (Å²) in [6.07, 6.45) is 1.85. The lowest BCUT2D eigenvalue weighted by molar-refractivity contribution is -0.120. The first-order chi connectivity index (χ1) is 10.9. The number of hydrogen-bond donors (Lipinski definition) is 2. The van der Waals surface area contributed by atoms with Gasteiger partial charge in [0, 0.05) is 12.1 Å². The van der Waals surface area contributed by atoms with E-state index in [2.05, 4.69) is 5.32 Å². The van der Waals surface area contributed by atoms with Crippen molar-refractivity contribution in [3.05, 3.63) is 17.7 Å². The van der Waals surface area contributed by atoms with E-state index in [0.717, 1.165) is 18.4 Å². The highest BCUT2D eigenvalue weighted by molar-refractivity contribution is 5.85. The van der Waals surface area contributed by atoms with Crippen molar-refractivity contribution in [1.29, 1.82) is 0 Å². The summed E-state index contributed by atoms with van der Waals surface area (Å²) in [4.78, 5) is 12.2. The van der Waals surface area contributed by atoms with E-state index in [-0.39, 0.29) is 30.3 Å². The molecular formula is C17H29ClN2O4. The molecule has 1 aromatic rings. The van der Waals surface area contributed by atoms with Crippen molar-refractivity contribution in [3.63, 3.8) is 0 Å². The molecule has 0 atom stereocenters. The Morgan fingerprint density at radius 2 is 1.58 bits per heavy atom. The molecule has 0 unspecified atom stereocenters. The van der Waals surface area contributed by atoms with Crippen LogP contribution in [-0.4, -0.2) is 39.3 Å². The smallest absolute Gasteiger partial charge is 0.224 e.